The second-order valence-electron chi connectivity index (χ2n) is 4.53. The fourth-order valence-electron chi connectivity index (χ4n) is 2.25. The molecule has 6 heteroatoms. The Labute approximate surface area is 106 Å². The molecule has 0 radical (unpaired) electrons. The number of nitrogens with one attached hydrogen (secondary N) is 2. The molecule has 2 rings (SSSR count). The normalized spacial score (nSPS) is 16.6. The summed E-state index contributed by atoms with van der Waals surface area (Å²) in [4.78, 5) is 28.2. The number of hydrogen-bond acceptors (Lipinski definition) is 3. The summed E-state index contributed by atoms with van der Waals surface area (Å²) in [7, 11) is 1.64. The van der Waals surface area contributed by atoms with E-state index in [1.165, 1.54) is 0 Å². The molecule has 0 aliphatic carbocycles. The Kier molecular flexibility index (Phi) is 3.55. The molecule has 2 amide bonds. The molecule has 0 unspecified atom stereocenters. The van der Waals surface area contributed by atoms with E-state index in [2.05, 4.69) is 10.3 Å². The highest BCUT2D eigenvalue weighted by Gasteiger charge is 2.27. The lowest BCUT2D eigenvalue weighted by Gasteiger charge is -2.30. The number of anilines is 1. The van der Waals surface area contributed by atoms with Gasteiger partial charge in [-0.05, 0) is 18.9 Å². The largest absolute Gasteiger partial charge is 0.397 e. The van der Waals surface area contributed by atoms with Crippen molar-refractivity contribution >= 4 is 17.5 Å². The van der Waals surface area contributed by atoms with E-state index in [1.54, 1.807) is 24.2 Å². The molecule has 2 heterocycles. The molecule has 0 spiro atoms. The van der Waals surface area contributed by atoms with Gasteiger partial charge in [0.15, 0.2) is 0 Å². The summed E-state index contributed by atoms with van der Waals surface area (Å²) in [5.74, 6) is 0.0287. The summed E-state index contributed by atoms with van der Waals surface area (Å²) in [5, 5.41) is 2.65. The number of hydrogen-bond donors (Lipinski definition) is 3. The highest BCUT2D eigenvalue weighted by Crippen LogP contribution is 2.19. The lowest BCUT2D eigenvalue weighted by Crippen LogP contribution is -2.42. The summed E-state index contributed by atoms with van der Waals surface area (Å²) in [6.07, 6.45) is 3.02. The number of aromatic nitrogens is 1. The van der Waals surface area contributed by atoms with Gasteiger partial charge in [-0.1, -0.05) is 0 Å². The van der Waals surface area contributed by atoms with Crippen molar-refractivity contribution in [2.24, 2.45) is 5.92 Å². The number of H-pyrrole nitrogens is 1. The van der Waals surface area contributed by atoms with Gasteiger partial charge in [-0.3, -0.25) is 9.59 Å². The zero-order valence-electron chi connectivity index (χ0n) is 10.4. The molecular weight excluding hydrogens is 232 g/mol. The predicted molar refractivity (Wildman–Crippen MR) is 67.9 cm³/mol. The summed E-state index contributed by atoms with van der Waals surface area (Å²) in [6, 6.07) is 1.63. The lowest BCUT2D eigenvalue weighted by molar-refractivity contribution is -0.125. The zero-order chi connectivity index (χ0) is 13.1. The second-order valence-corrected chi connectivity index (χ2v) is 4.53. The number of carbonyl (C=O) groups excluding carboxylic acids is 2. The van der Waals surface area contributed by atoms with Crippen molar-refractivity contribution in [3.63, 3.8) is 0 Å². The van der Waals surface area contributed by atoms with Gasteiger partial charge in [0, 0.05) is 37.9 Å². The maximum atomic E-state index is 12.1. The van der Waals surface area contributed by atoms with E-state index < -0.39 is 0 Å². The van der Waals surface area contributed by atoms with E-state index >= 15 is 0 Å². The van der Waals surface area contributed by atoms with Gasteiger partial charge in [-0.25, -0.2) is 0 Å². The first kappa shape index (κ1) is 12.5. The molecule has 98 valence electrons. The summed E-state index contributed by atoms with van der Waals surface area (Å²) >= 11 is 0. The van der Waals surface area contributed by atoms with E-state index in [-0.39, 0.29) is 17.7 Å². The molecule has 0 atom stereocenters. The van der Waals surface area contributed by atoms with Gasteiger partial charge in [-0.15, -0.1) is 0 Å². The van der Waals surface area contributed by atoms with Crippen LogP contribution in [0.25, 0.3) is 0 Å². The van der Waals surface area contributed by atoms with Gasteiger partial charge < -0.3 is 20.9 Å². The molecule has 1 aromatic rings. The third kappa shape index (κ3) is 2.47. The van der Waals surface area contributed by atoms with Crippen LogP contribution < -0.4 is 11.1 Å². The van der Waals surface area contributed by atoms with Crippen molar-refractivity contribution in [2.45, 2.75) is 12.8 Å². The van der Waals surface area contributed by atoms with Crippen molar-refractivity contribution in [2.75, 3.05) is 25.9 Å². The average Bonchev–Trinajstić information content (AvgIpc) is 2.84. The van der Waals surface area contributed by atoms with E-state index in [9.17, 15) is 9.59 Å². The van der Waals surface area contributed by atoms with Gasteiger partial charge in [0.2, 0.25) is 5.91 Å². The van der Waals surface area contributed by atoms with Crippen LogP contribution in [0, 0.1) is 5.92 Å². The zero-order valence-corrected chi connectivity index (χ0v) is 10.4. The molecule has 6 nitrogen and oxygen atoms in total. The van der Waals surface area contributed by atoms with Gasteiger partial charge in [0.1, 0.15) is 5.69 Å². The van der Waals surface area contributed by atoms with E-state index in [1.807, 2.05) is 0 Å². The Hall–Kier alpha value is -1.98. The van der Waals surface area contributed by atoms with Crippen LogP contribution in [0.3, 0.4) is 0 Å². The van der Waals surface area contributed by atoms with Crippen LogP contribution in [0.2, 0.25) is 0 Å². The Morgan fingerprint density at radius 1 is 1.44 bits per heavy atom. The number of nitrogen functional groups attached to an aromatic ring is 1. The maximum absolute atomic E-state index is 12.1. The molecule has 1 aliphatic heterocycles. The molecule has 1 aliphatic rings. The average molecular weight is 250 g/mol. The minimum Gasteiger partial charge on any atom is -0.397 e. The van der Waals surface area contributed by atoms with Gasteiger partial charge in [0.25, 0.3) is 5.91 Å². The van der Waals surface area contributed by atoms with Gasteiger partial charge in [0.05, 0.1) is 0 Å². The fraction of sp³-hybridized carbons (Fsp3) is 0.500. The van der Waals surface area contributed by atoms with Crippen LogP contribution in [-0.4, -0.2) is 41.8 Å². The quantitative estimate of drug-likeness (QED) is 0.700. The monoisotopic (exact) mass is 250 g/mol. The van der Waals surface area contributed by atoms with Crippen LogP contribution >= 0.6 is 0 Å². The molecule has 1 fully saturated rings. The topological polar surface area (TPSA) is 91.2 Å². The number of nitrogens with zero attached hydrogens (tertiary/aromatic N) is 1. The van der Waals surface area contributed by atoms with Crippen molar-refractivity contribution in [1.29, 1.82) is 0 Å². The number of likely N-dealkylation sites (tertiary alicyclic amines) is 1. The van der Waals surface area contributed by atoms with Gasteiger partial charge in [-0.2, -0.15) is 0 Å². The van der Waals surface area contributed by atoms with Crippen LogP contribution in [0.5, 0.6) is 0 Å². The molecule has 1 aromatic heterocycles. The maximum Gasteiger partial charge on any atom is 0.270 e. The SMILES string of the molecule is CNC(=O)C1CCN(C(=O)c2cc(N)c[nH]2)CC1. The number of piperidine rings is 1. The van der Waals surface area contributed by atoms with Crippen LogP contribution in [0.4, 0.5) is 5.69 Å². The van der Waals surface area contributed by atoms with E-state index in [0.29, 0.717) is 37.3 Å². The molecule has 0 aromatic carbocycles. The Morgan fingerprint density at radius 3 is 2.61 bits per heavy atom. The molecule has 0 saturated carbocycles. The number of aromatic amines is 1. The molecule has 0 bridgehead atoms. The third-order valence-electron chi connectivity index (χ3n) is 3.34. The van der Waals surface area contributed by atoms with Crippen molar-refractivity contribution in [1.82, 2.24) is 15.2 Å². The third-order valence-corrected chi connectivity index (χ3v) is 3.34. The minimum absolute atomic E-state index is 0.0211. The lowest BCUT2D eigenvalue weighted by atomic mass is 9.96. The van der Waals surface area contributed by atoms with E-state index in [4.69, 9.17) is 5.73 Å². The first-order valence-corrected chi connectivity index (χ1v) is 6.06. The number of carbonyl (C=O) groups is 2. The summed E-state index contributed by atoms with van der Waals surface area (Å²) < 4.78 is 0. The number of rotatable bonds is 2. The number of nitrogens with two attached hydrogens (primary N) is 1. The Balaban J connectivity index is 1.94. The molecule has 4 N–H and O–H groups in total. The Morgan fingerprint density at radius 2 is 2.11 bits per heavy atom. The molecule has 18 heavy (non-hydrogen) atoms. The molecular formula is C12H18N4O2. The number of amides is 2. The summed E-state index contributed by atoms with van der Waals surface area (Å²) in [5.41, 5.74) is 6.63. The van der Waals surface area contributed by atoms with Crippen molar-refractivity contribution in [3.8, 4) is 0 Å². The van der Waals surface area contributed by atoms with Crippen LogP contribution in [0.15, 0.2) is 12.3 Å². The highest BCUT2D eigenvalue weighted by atomic mass is 16.2. The first-order valence-electron chi connectivity index (χ1n) is 6.06. The van der Waals surface area contributed by atoms with Crippen LogP contribution in [-0.2, 0) is 4.79 Å². The van der Waals surface area contributed by atoms with E-state index in [0.717, 1.165) is 0 Å². The van der Waals surface area contributed by atoms with Crippen LogP contribution in [0.1, 0.15) is 23.3 Å². The second kappa shape index (κ2) is 5.12. The van der Waals surface area contributed by atoms with Crippen molar-refractivity contribution in [3.05, 3.63) is 18.0 Å². The van der Waals surface area contributed by atoms with Crippen molar-refractivity contribution < 1.29 is 9.59 Å². The first-order chi connectivity index (χ1) is 8.61. The smallest absolute Gasteiger partial charge is 0.270 e. The highest BCUT2D eigenvalue weighted by molar-refractivity contribution is 5.93. The molecule has 1 saturated heterocycles. The standard InChI is InChI=1S/C12H18N4O2/c1-14-11(17)8-2-4-16(5-3-8)12(18)10-6-9(13)7-15-10/h6-8,15H,2-5,13H2,1H3,(H,14,17). The fourth-order valence-corrected chi connectivity index (χ4v) is 2.25. The summed E-state index contributed by atoms with van der Waals surface area (Å²) in [6.45, 7) is 1.21. The van der Waals surface area contributed by atoms with Gasteiger partial charge >= 0.3 is 0 Å². The Bertz CT molecular complexity index is 447. The predicted octanol–water partition coefficient (Wildman–Crippen LogP) is 0.195. The minimum atomic E-state index is -0.0537.